The third-order valence-corrected chi connectivity index (χ3v) is 5.52. The van der Waals surface area contributed by atoms with Crippen LogP contribution in [0.3, 0.4) is 0 Å². The number of nitrogens with zero attached hydrogens (tertiary/aromatic N) is 1. The van der Waals surface area contributed by atoms with Gasteiger partial charge in [-0.3, -0.25) is 0 Å². The summed E-state index contributed by atoms with van der Waals surface area (Å²) < 4.78 is 22.9. The molecule has 18 heavy (non-hydrogen) atoms. The molecular formula is C13H26N2O2S. The smallest absolute Gasteiger partial charge is 0.151 e. The quantitative estimate of drug-likeness (QED) is 0.705. The summed E-state index contributed by atoms with van der Waals surface area (Å²) in [5, 5.41) is 3.52. The molecule has 2 aliphatic rings. The van der Waals surface area contributed by atoms with Crippen molar-refractivity contribution < 1.29 is 8.42 Å². The Bertz CT molecular complexity index is 339. The van der Waals surface area contributed by atoms with Crippen molar-refractivity contribution in [1.29, 1.82) is 0 Å². The van der Waals surface area contributed by atoms with Crippen molar-refractivity contribution in [2.75, 3.05) is 37.7 Å². The monoisotopic (exact) mass is 274 g/mol. The minimum absolute atomic E-state index is 0.357. The summed E-state index contributed by atoms with van der Waals surface area (Å²) in [6, 6.07) is 0.820. The summed E-state index contributed by atoms with van der Waals surface area (Å²) in [6.45, 7) is 3.92. The van der Waals surface area contributed by atoms with Gasteiger partial charge in [-0.25, -0.2) is 8.42 Å². The molecule has 0 atom stereocenters. The first-order valence-electron chi connectivity index (χ1n) is 7.32. The Morgan fingerprint density at radius 1 is 1.06 bits per heavy atom. The van der Waals surface area contributed by atoms with Crippen molar-refractivity contribution in [2.45, 2.75) is 44.6 Å². The molecule has 1 N–H and O–H groups in total. The van der Waals surface area contributed by atoms with Gasteiger partial charge in [0.15, 0.2) is 9.84 Å². The molecule has 1 saturated heterocycles. The molecule has 1 heterocycles. The van der Waals surface area contributed by atoms with Gasteiger partial charge in [-0.05, 0) is 51.7 Å². The van der Waals surface area contributed by atoms with E-state index in [9.17, 15) is 8.42 Å². The Hall–Kier alpha value is -0.130. The summed E-state index contributed by atoms with van der Waals surface area (Å²) in [5.74, 6) is 0.741. The van der Waals surface area contributed by atoms with Crippen LogP contribution in [0.1, 0.15) is 38.5 Å². The number of rotatable bonds is 7. The molecule has 0 aromatic carbocycles. The van der Waals surface area contributed by atoms with Crippen molar-refractivity contribution in [3.63, 3.8) is 0 Å². The van der Waals surface area contributed by atoms with Crippen molar-refractivity contribution in [3.8, 4) is 0 Å². The van der Waals surface area contributed by atoms with E-state index in [0.717, 1.165) is 38.6 Å². The van der Waals surface area contributed by atoms with Crippen LogP contribution < -0.4 is 5.32 Å². The molecule has 0 radical (unpaired) electrons. The second-order valence-electron chi connectivity index (χ2n) is 5.64. The summed E-state index contributed by atoms with van der Waals surface area (Å²) in [7, 11) is -2.75. The molecule has 0 amide bonds. The lowest BCUT2D eigenvalue weighted by Gasteiger charge is -2.18. The number of nitrogens with one attached hydrogen (secondary N) is 1. The summed E-state index contributed by atoms with van der Waals surface area (Å²) >= 11 is 0. The number of hydrogen-bond donors (Lipinski definition) is 1. The summed E-state index contributed by atoms with van der Waals surface area (Å²) in [4.78, 5) is 2.32. The molecular weight excluding hydrogens is 248 g/mol. The summed E-state index contributed by atoms with van der Waals surface area (Å²) in [5.41, 5.74) is 0. The average Bonchev–Trinajstić information content (AvgIpc) is 3.13. The van der Waals surface area contributed by atoms with E-state index in [2.05, 4.69) is 10.2 Å². The van der Waals surface area contributed by atoms with Crippen LogP contribution in [-0.2, 0) is 9.84 Å². The van der Waals surface area contributed by atoms with Crippen LogP contribution in [0.2, 0.25) is 0 Å². The maximum Gasteiger partial charge on any atom is 0.151 e. The van der Waals surface area contributed by atoms with E-state index in [1.807, 2.05) is 0 Å². The second-order valence-corrected chi connectivity index (χ2v) is 7.94. The van der Waals surface area contributed by atoms with E-state index in [0.29, 0.717) is 11.5 Å². The van der Waals surface area contributed by atoms with Gasteiger partial charge in [0.25, 0.3) is 0 Å². The van der Waals surface area contributed by atoms with Crippen molar-refractivity contribution in [3.05, 3.63) is 0 Å². The zero-order valence-corrected chi connectivity index (χ0v) is 12.1. The van der Waals surface area contributed by atoms with Crippen LogP contribution in [0.4, 0.5) is 0 Å². The normalized spacial score (nSPS) is 24.9. The first-order chi connectivity index (χ1) is 8.66. The molecule has 1 aliphatic heterocycles. The Morgan fingerprint density at radius 2 is 1.89 bits per heavy atom. The number of sulfone groups is 1. The Labute approximate surface area is 111 Å². The topological polar surface area (TPSA) is 49.4 Å². The molecule has 106 valence electrons. The van der Waals surface area contributed by atoms with Gasteiger partial charge in [-0.15, -0.1) is 0 Å². The van der Waals surface area contributed by atoms with Crippen molar-refractivity contribution in [2.24, 2.45) is 0 Å². The summed E-state index contributed by atoms with van der Waals surface area (Å²) in [6.07, 6.45) is 7.24. The standard InChI is InChI=1S/C13H26N2O2S/c16-18(17)11-4-9-15(10-12-18)8-3-1-2-7-14-13-5-6-13/h13-14H,1-12H2. The molecule has 0 bridgehead atoms. The fourth-order valence-corrected chi connectivity index (χ4v) is 3.75. The lowest BCUT2D eigenvalue weighted by atomic mass is 10.2. The van der Waals surface area contributed by atoms with Crippen LogP contribution in [0, 0.1) is 0 Å². The van der Waals surface area contributed by atoms with Gasteiger partial charge in [-0.1, -0.05) is 6.42 Å². The van der Waals surface area contributed by atoms with Gasteiger partial charge in [0.2, 0.25) is 0 Å². The van der Waals surface area contributed by atoms with Gasteiger partial charge in [0.05, 0.1) is 11.5 Å². The highest BCUT2D eigenvalue weighted by atomic mass is 32.2. The van der Waals surface area contributed by atoms with E-state index in [-0.39, 0.29) is 0 Å². The van der Waals surface area contributed by atoms with Gasteiger partial charge in [-0.2, -0.15) is 0 Å². The van der Waals surface area contributed by atoms with Crippen LogP contribution in [-0.4, -0.2) is 57.0 Å². The number of hydrogen-bond acceptors (Lipinski definition) is 4. The minimum atomic E-state index is -2.75. The molecule has 2 fully saturated rings. The first-order valence-corrected chi connectivity index (χ1v) is 9.14. The molecule has 0 unspecified atom stereocenters. The lowest BCUT2D eigenvalue weighted by Crippen LogP contribution is -2.28. The van der Waals surface area contributed by atoms with E-state index >= 15 is 0 Å². The van der Waals surface area contributed by atoms with Crippen LogP contribution in [0.25, 0.3) is 0 Å². The van der Waals surface area contributed by atoms with Gasteiger partial charge < -0.3 is 10.2 Å². The highest BCUT2D eigenvalue weighted by Gasteiger charge is 2.20. The van der Waals surface area contributed by atoms with E-state index in [1.165, 1.54) is 32.1 Å². The molecule has 5 heteroatoms. The van der Waals surface area contributed by atoms with E-state index < -0.39 is 9.84 Å². The third kappa shape index (κ3) is 5.67. The fraction of sp³-hybridized carbons (Fsp3) is 1.00. The Balaban J connectivity index is 1.50. The van der Waals surface area contributed by atoms with Gasteiger partial charge in [0, 0.05) is 12.6 Å². The molecule has 0 aromatic heterocycles. The molecule has 0 spiro atoms. The predicted octanol–water partition coefficient (Wildman–Crippen LogP) is 1.03. The highest BCUT2D eigenvalue weighted by molar-refractivity contribution is 7.91. The second kappa shape index (κ2) is 6.87. The average molecular weight is 274 g/mol. The molecule has 1 aliphatic carbocycles. The van der Waals surface area contributed by atoms with Crippen LogP contribution in [0.5, 0.6) is 0 Å². The molecule has 4 nitrogen and oxygen atoms in total. The molecule has 1 saturated carbocycles. The fourth-order valence-electron chi connectivity index (χ4n) is 2.44. The first kappa shape index (κ1) is 14.3. The zero-order chi connectivity index (χ0) is 12.8. The maximum absolute atomic E-state index is 11.5. The highest BCUT2D eigenvalue weighted by Crippen LogP contribution is 2.18. The third-order valence-electron chi connectivity index (χ3n) is 3.81. The number of unbranched alkanes of at least 4 members (excludes halogenated alkanes) is 2. The predicted molar refractivity (Wildman–Crippen MR) is 74.6 cm³/mol. The van der Waals surface area contributed by atoms with Crippen molar-refractivity contribution in [1.82, 2.24) is 10.2 Å². The van der Waals surface area contributed by atoms with Gasteiger partial charge in [0.1, 0.15) is 0 Å². The van der Waals surface area contributed by atoms with Gasteiger partial charge >= 0.3 is 0 Å². The zero-order valence-electron chi connectivity index (χ0n) is 11.2. The van der Waals surface area contributed by atoms with E-state index in [4.69, 9.17) is 0 Å². The maximum atomic E-state index is 11.5. The van der Waals surface area contributed by atoms with E-state index in [1.54, 1.807) is 0 Å². The Morgan fingerprint density at radius 3 is 2.67 bits per heavy atom. The largest absolute Gasteiger partial charge is 0.314 e. The lowest BCUT2D eigenvalue weighted by molar-refractivity contribution is 0.287. The van der Waals surface area contributed by atoms with Crippen LogP contribution >= 0.6 is 0 Å². The minimum Gasteiger partial charge on any atom is -0.314 e. The molecule has 2 rings (SSSR count). The molecule has 0 aromatic rings. The van der Waals surface area contributed by atoms with Crippen molar-refractivity contribution >= 4 is 9.84 Å². The Kier molecular flexibility index (Phi) is 5.45. The van der Waals surface area contributed by atoms with Crippen LogP contribution in [0.15, 0.2) is 0 Å². The SMILES string of the molecule is O=S1(=O)CCCN(CCCCCNC2CC2)CC1.